The fourth-order valence-corrected chi connectivity index (χ4v) is 4.95. The number of thioether (sulfide) groups is 1. The van der Waals surface area contributed by atoms with E-state index in [4.69, 9.17) is 4.74 Å². The zero-order valence-corrected chi connectivity index (χ0v) is 14.7. The van der Waals surface area contributed by atoms with Crippen molar-refractivity contribution in [3.8, 4) is 0 Å². The summed E-state index contributed by atoms with van der Waals surface area (Å²) in [5.41, 5.74) is 0. The van der Waals surface area contributed by atoms with E-state index in [0.29, 0.717) is 43.9 Å². The summed E-state index contributed by atoms with van der Waals surface area (Å²) in [6.07, 6.45) is 7.48. The van der Waals surface area contributed by atoms with Crippen molar-refractivity contribution >= 4 is 23.6 Å². The average molecular weight is 340 g/mol. The Labute approximate surface area is 143 Å². The number of rotatable bonds is 4. The summed E-state index contributed by atoms with van der Waals surface area (Å²) in [4.78, 5) is 28.7. The largest absolute Gasteiger partial charge is 0.378 e. The van der Waals surface area contributed by atoms with Crippen LogP contribution in [0.3, 0.4) is 0 Å². The van der Waals surface area contributed by atoms with Crippen LogP contribution in [0.2, 0.25) is 0 Å². The van der Waals surface area contributed by atoms with E-state index in [1.54, 1.807) is 0 Å². The Morgan fingerprint density at radius 3 is 2.43 bits per heavy atom. The van der Waals surface area contributed by atoms with Crippen LogP contribution < -0.4 is 0 Å². The second-order valence-corrected chi connectivity index (χ2v) is 7.81. The molecule has 0 aromatic rings. The van der Waals surface area contributed by atoms with Crippen molar-refractivity contribution in [2.24, 2.45) is 5.92 Å². The van der Waals surface area contributed by atoms with E-state index in [2.05, 4.69) is 4.90 Å². The van der Waals surface area contributed by atoms with Crippen molar-refractivity contribution in [3.05, 3.63) is 0 Å². The van der Waals surface area contributed by atoms with Crippen LogP contribution in [0.4, 0.5) is 0 Å². The number of fused-ring (bicyclic) bond motifs is 1. The summed E-state index contributed by atoms with van der Waals surface area (Å²) in [5, 5.41) is 0. The standard InChI is InChI=1S/C17H28N2O3S/c20-16(18-8-10-22-11-9-18)12-23-13-17(21)19-7-3-5-14-4-1-2-6-15(14)19/h14-15H,1-13H2. The lowest BCUT2D eigenvalue weighted by Gasteiger charge is -2.44. The van der Waals surface area contributed by atoms with E-state index in [0.717, 1.165) is 18.9 Å². The van der Waals surface area contributed by atoms with E-state index in [1.807, 2.05) is 4.90 Å². The number of nitrogens with zero attached hydrogens (tertiary/aromatic N) is 2. The maximum atomic E-state index is 12.6. The van der Waals surface area contributed by atoms with Gasteiger partial charge in [0.2, 0.25) is 11.8 Å². The molecular weight excluding hydrogens is 312 g/mol. The predicted molar refractivity (Wildman–Crippen MR) is 91.4 cm³/mol. The summed E-state index contributed by atoms with van der Waals surface area (Å²) in [6.45, 7) is 3.54. The number of amides is 2. The Hall–Kier alpha value is -0.750. The fourth-order valence-electron chi connectivity index (χ4n) is 4.15. The summed E-state index contributed by atoms with van der Waals surface area (Å²) in [7, 11) is 0. The quantitative estimate of drug-likeness (QED) is 0.782. The molecule has 0 N–H and O–H groups in total. The van der Waals surface area contributed by atoms with Crippen LogP contribution in [0.25, 0.3) is 0 Å². The van der Waals surface area contributed by atoms with E-state index in [-0.39, 0.29) is 11.8 Å². The molecule has 6 heteroatoms. The third-order valence-corrected chi connectivity index (χ3v) is 6.28. The zero-order valence-electron chi connectivity index (χ0n) is 13.9. The molecule has 0 bridgehead atoms. The molecule has 2 atom stereocenters. The van der Waals surface area contributed by atoms with Crippen molar-refractivity contribution in [3.63, 3.8) is 0 Å². The molecule has 2 aliphatic heterocycles. The van der Waals surface area contributed by atoms with Gasteiger partial charge in [-0.2, -0.15) is 0 Å². The van der Waals surface area contributed by atoms with Gasteiger partial charge >= 0.3 is 0 Å². The molecule has 130 valence electrons. The topological polar surface area (TPSA) is 49.9 Å². The van der Waals surface area contributed by atoms with Gasteiger partial charge in [0, 0.05) is 25.7 Å². The second-order valence-electron chi connectivity index (χ2n) is 6.83. The normalized spacial score (nSPS) is 28.3. The molecule has 3 fully saturated rings. The molecule has 0 radical (unpaired) electrons. The van der Waals surface area contributed by atoms with Crippen molar-refractivity contribution in [1.82, 2.24) is 9.80 Å². The Morgan fingerprint density at radius 1 is 0.913 bits per heavy atom. The van der Waals surface area contributed by atoms with Crippen LogP contribution in [0.15, 0.2) is 0 Å². The lowest BCUT2D eigenvalue weighted by molar-refractivity contribution is -0.134. The van der Waals surface area contributed by atoms with E-state index < -0.39 is 0 Å². The van der Waals surface area contributed by atoms with Gasteiger partial charge in [-0.25, -0.2) is 0 Å². The van der Waals surface area contributed by atoms with Crippen molar-refractivity contribution < 1.29 is 14.3 Å². The summed E-state index contributed by atoms with van der Waals surface area (Å²) >= 11 is 1.47. The number of carbonyl (C=O) groups is 2. The molecule has 0 aromatic heterocycles. The highest BCUT2D eigenvalue weighted by Crippen LogP contribution is 2.35. The van der Waals surface area contributed by atoms with Gasteiger partial charge in [-0.3, -0.25) is 9.59 Å². The minimum Gasteiger partial charge on any atom is -0.378 e. The first-order valence-electron chi connectivity index (χ1n) is 8.98. The van der Waals surface area contributed by atoms with E-state index in [1.165, 1.54) is 43.9 Å². The number of hydrogen-bond donors (Lipinski definition) is 0. The molecule has 2 heterocycles. The lowest BCUT2D eigenvalue weighted by atomic mass is 9.78. The Kier molecular flexibility index (Phi) is 6.22. The highest BCUT2D eigenvalue weighted by Gasteiger charge is 2.35. The number of hydrogen-bond acceptors (Lipinski definition) is 4. The first-order valence-corrected chi connectivity index (χ1v) is 10.1. The smallest absolute Gasteiger partial charge is 0.232 e. The van der Waals surface area contributed by atoms with E-state index >= 15 is 0 Å². The molecule has 0 aromatic carbocycles. The predicted octanol–water partition coefficient (Wildman–Crippen LogP) is 1.76. The fraction of sp³-hybridized carbons (Fsp3) is 0.882. The van der Waals surface area contributed by atoms with Gasteiger partial charge in [0.1, 0.15) is 0 Å². The van der Waals surface area contributed by atoms with Gasteiger partial charge in [-0.05, 0) is 31.6 Å². The Morgan fingerprint density at radius 2 is 1.61 bits per heavy atom. The van der Waals surface area contributed by atoms with Crippen LogP contribution in [-0.4, -0.2) is 72.0 Å². The molecule has 2 saturated heterocycles. The number of carbonyl (C=O) groups excluding carboxylic acids is 2. The van der Waals surface area contributed by atoms with E-state index in [9.17, 15) is 9.59 Å². The van der Waals surface area contributed by atoms with Crippen LogP contribution in [0.5, 0.6) is 0 Å². The van der Waals surface area contributed by atoms with Gasteiger partial charge in [0.15, 0.2) is 0 Å². The van der Waals surface area contributed by atoms with Gasteiger partial charge < -0.3 is 14.5 Å². The maximum absolute atomic E-state index is 12.6. The highest BCUT2D eigenvalue weighted by molar-refractivity contribution is 8.00. The Bertz CT molecular complexity index is 424. The number of morpholine rings is 1. The molecule has 2 unspecified atom stereocenters. The van der Waals surface area contributed by atoms with Gasteiger partial charge in [-0.15, -0.1) is 11.8 Å². The van der Waals surface area contributed by atoms with Gasteiger partial charge in [0.25, 0.3) is 0 Å². The van der Waals surface area contributed by atoms with Crippen LogP contribution in [-0.2, 0) is 14.3 Å². The molecule has 2 amide bonds. The molecule has 5 nitrogen and oxygen atoms in total. The average Bonchev–Trinajstić information content (AvgIpc) is 2.61. The van der Waals surface area contributed by atoms with Crippen LogP contribution in [0, 0.1) is 5.92 Å². The summed E-state index contributed by atoms with van der Waals surface area (Å²) in [5.74, 6) is 1.95. The van der Waals surface area contributed by atoms with Crippen molar-refractivity contribution in [1.29, 1.82) is 0 Å². The number of likely N-dealkylation sites (tertiary alicyclic amines) is 1. The SMILES string of the molecule is O=C(CSCC(=O)N1CCCC2CCCCC21)N1CCOCC1. The van der Waals surface area contributed by atoms with Crippen LogP contribution >= 0.6 is 11.8 Å². The second kappa shape index (κ2) is 8.38. The first-order chi connectivity index (χ1) is 11.3. The molecule has 23 heavy (non-hydrogen) atoms. The molecule has 0 spiro atoms. The van der Waals surface area contributed by atoms with Gasteiger partial charge in [0.05, 0.1) is 24.7 Å². The number of piperidine rings is 1. The third kappa shape index (κ3) is 4.41. The van der Waals surface area contributed by atoms with Crippen molar-refractivity contribution in [2.75, 3.05) is 44.4 Å². The lowest BCUT2D eigenvalue weighted by Crippen LogP contribution is -2.50. The highest BCUT2D eigenvalue weighted by atomic mass is 32.2. The van der Waals surface area contributed by atoms with Crippen LogP contribution in [0.1, 0.15) is 38.5 Å². The molecule has 1 saturated carbocycles. The minimum absolute atomic E-state index is 0.139. The third-order valence-electron chi connectivity index (χ3n) is 5.38. The summed E-state index contributed by atoms with van der Waals surface area (Å²) < 4.78 is 5.26. The summed E-state index contributed by atoms with van der Waals surface area (Å²) in [6, 6.07) is 0.473. The number of ether oxygens (including phenoxy) is 1. The van der Waals surface area contributed by atoms with Crippen molar-refractivity contribution in [2.45, 2.75) is 44.6 Å². The maximum Gasteiger partial charge on any atom is 0.232 e. The monoisotopic (exact) mass is 340 g/mol. The molecular formula is C17H28N2O3S. The first kappa shape index (κ1) is 17.1. The zero-order chi connectivity index (χ0) is 16.1. The Balaban J connectivity index is 1.42. The van der Waals surface area contributed by atoms with Gasteiger partial charge in [-0.1, -0.05) is 12.8 Å². The minimum atomic E-state index is 0.139. The molecule has 1 aliphatic carbocycles. The molecule has 3 aliphatic rings. The molecule has 3 rings (SSSR count).